The van der Waals surface area contributed by atoms with Gasteiger partial charge < -0.3 is 9.53 Å². The smallest absolute Gasteiger partial charge is 0.124 e. The molecule has 0 unspecified atom stereocenters. The van der Waals surface area contributed by atoms with Crippen LogP contribution < -0.4 is 4.74 Å². The van der Waals surface area contributed by atoms with Crippen LogP contribution in [0.15, 0.2) is 12.1 Å². The summed E-state index contributed by atoms with van der Waals surface area (Å²) in [5, 5.41) is 0. The van der Waals surface area contributed by atoms with Gasteiger partial charge in [-0.15, -0.1) is 0 Å². The van der Waals surface area contributed by atoms with Crippen LogP contribution in [0.25, 0.3) is 0 Å². The standard InChI is InChI=1S/C11H14O2/c1-8-6-10(4-5-12)7-11(13-3)9(8)2/h5-7H,4H2,1-3H3. The highest BCUT2D eigenvalue weighted by Gasteiger charge is 2.03. The number of ether oxygens (including phenoxy) is 1. The van der Waals surface area contributed by atoms with Crippen molar-refractivity contribution in [3.8, 4) is 5.75 Å². The molecule has 1 rings (SSSR count). The zero-order valence-corrected chi connectivity index (χ0v) is 8.26. The molecule has 70 valence electrons. The number of benzene rings is 1. The van der Waals surface area contributed by atoms with E-state index in [-0.39, 0.29) is 0 Å². The maximum atomic E-state index is 10.3. The molecule has 0 atom stereocenters. The van der Waals surface area contributed by atoms with Gasteiger partial charge >= 0.3 is 0 Å². The van der Waals surface area contributed by atoms with Gasteiger partial charge in [-0.25, -0.2) is 0 Å². The Morgan fingerprint density at radius 3 is 2.62 bits per heavy atom. The van der Waals surface area contributed by atoms with Gasteiger partial charge in [-0.2, -0.15) is 0 Å². The summed E-state index contributed by atoms with van der Waals surface area (Å²) in [6, 6.07) is 3.93. The first kappa shape index (κ1) is 9.78. The molecule has 0 bridgehead atoms. The van der Waals surface area contributed by atoms with Crippen molar-refractivity contribution in [1.29, 1.82) is 0 Å². The third kappa shape index (κ3) is 2.08. The van der Waals surface area contributed by atoms with Gasteiger partial charge in [-0.05, 0) is 36.6 Å². The maximum Gasteiger partial charge on any atom is 0.124 e. The Kier molecular flexibility index (Phi) is 3.07. The second-order valence-electron chi connectivity index (χ2n) is 3.11. The molecule has 0 saturated carbocycles. The Hall–Kier alpha value is -1.31. The normalized spacial score (nSPS) is 9.77. The molecule has 0 aliphatic rings. The van der Waals surface area contributed by atoms with Crippen LogP contribution >= 0.6 is 0 Å². The van der Waals surface area contributed by atoms with Crippen molar-refractivity contribution in [2.24, 2.45) is 0 Å². The molecule has 0 N–H and O–H groups in total. The van der Waals surface area contributed by atoms with Crippen molar-refractivity contribution >= 4 is 6.29 Å². The number of aldehydes is 1. The summed E-state index contributed by atoms with van der Waals surface area (Å²) in [6.07, 6.45) is 1.36. The van der Waals surface area contributed by atoms with Crippen LogP contribution in [0.3, 0.4) is 0 Å². The summed E-state index contributed by atoms with van der Waals surface area (Å²) in [5.74, 6) is 0.858. The molecule has 0 spiro atoms. The summed E-state index contributed by atoms with van der Waals surface area (Å²) in [6.45, 7) is 4.03. The second kappa shape index (κ2) is 4.08. The Morgan fingerprint density at radius 1 is 1.38 bits per heavy atom. The number of carbonyl (C=O) groups is 1. The van der Waals surface area contributed by atoms with E-state index in [1.54, 1.807) is 7.11 Å². The Balaban J connectivity index is 3.13. The highest BCUT2D eigenvalue weighted by atomic mass is 16.5. The van der Waals surface area contributed by atoms with Crippen molar-refractivity contribution in [1.82, 2.24) is 0 Å². The summed E-state index contributed by atoms with van der Waals surface area (Å²) in [5.41, 5.74) is 3.31. The van der Waals surface area contributed by atoms with E-state index in [0.717, 1.165) is 28.7 Å². The zero-order valence-electron chi connectivity index (χ0n) is 8.26. The summed E-state index contributed by atoms with van der Waals surface area (Å²) >= 11 is 0. The van der Waals surface area contributed by atoms with Gasteiger partial charge in [0.25, 0.3) is 0 Å². The van der Waals surface area contributed by atoms with E-state index in [0.29, 0.717) is 6.42 Å². The van der Waals surface area contributed by atoms with Crippen LogP contribution in [0.5, 0.6) is 5.75 Å². The fourth-order valence-corrected chi connectivity index (χ4v) is 1.33. The molecule has 0 radical (unpaired) electrons. The highest BCUT2D eigenvalue weighted by Crippen LogP contribution is 2.23. The molecule has 0 saturated heterocycles. The molecule has 0 aliphatic carbocycles. The lowest BCUT2D eigenvalue weighted by atomic mass is 10.0. The van der Waals surface area contributed by atoms with Gasteiger partial charge in [0.05, 0.1) is 7.11 Å². The van der Waals surface area contributed by atoms with Gasteiger partial charge in [-0.3, -0.25) is 0 Å². The molecular weight excluding hydrogens is 164 g/mol. The van der Waals surface area contributed by atoms with Crippen molar-refractivity contribution in [3.63, 3.8) is 0 Å². The number of methoxy groups -OCH3 is 1. The lowest BCUT2D eigenvalue weighted by Gasteiger charge is -2.09. The third-order valence-corrected chi connectivity index (χ3v) is 2.22. The van der Waals surface area contributed by atoms with Crippen LogP contribution in [0, 0.1) is 13.8 Å². The monoisotopic (exact) mass is 178 g/mol. The van der Waals surface area contributed by atoms with Crippen molar-refractivity contribution in [2.45, 2.75) is 20.3 Å². The lowest BCUT2D eigenvalue weighted by Crippen LogP contribution is -1.94. The molecule has 1 aromatic rings. The summed E-state index contributed by atoms with van der Waals surface area (Å²) in [4.78, 5) is 10.3. The van der Waals surface area contributed by atoms with E-state index in [1.165, 1.54) is 0 Å². The van der Waals surface area contributed by atoms with Crippen molar-refractivity contribution in [2.75, 3.05) is 7.11 Å². The lowest BCUT2D eigenvalue weighted by molar-refractivity contribution is -0.107. The van der Waals surface area contributed by atoms with Crippen molar-refractivity contribution in [3.05, 3.63) is 28.8 Å². The maximum absolute atomic E-state index is 10.3. The molecule has 0 heterocycles. The Bertz CT molecular complexity index is 316. The molecule has 0 aliphatic heterocycles. The minimum Gasteiger partial charge on any atom is -0.496 e. The first-order valence-corrected chi connectivity index (χ1v) is 4.26. The average Bonchev–Trinajstić information content (AvgIpc) is 2.11. The fourth-order valence-electron chi connectivity index (χ4n) is 1.33. The van der Waals surface area contributed by atoms with Crippen LogP contribution in [0.4, 0.5) is 0 Å². The minimum atomic E-state index is 0.456. The van der Waals surface area contributed by atoms with E-state index in [1.807, 2.05) is 26.0 Å². The first-order chi connectivity index (χ1) is 6.19. The number of aryl methyl sites for hydroxylation is 1. The van der Waals surface area contributed by atoms with Gasteiger partial charge in [-0.1, -0.05) is 6.07 Å². The molecule has 0 amide bonds. The van der Waals surface area contributed by atoms with Crippen LogP contribution in [0.2, 0.25) is 0 Å². The molecule has 2 heteroatoms. The molecule has 0 fully saturated rings. The molecule has 13 heavy (non-hydrogen) atoms. The van der Waals surface area contributed by atoms with E-state index in [9.17, 15) is 4.79 Å². The van der Waals surface area contributed by atoms with E-state index in [2.05, 4.69) is 0 Å². The van der Waals surface area contributed by atoms with Crippen LogP contribution in [-0.2, 0) is 11.2 Å². The predicted octanol–water partition coefficient (Wildman–Crippen LogP) is 2.05. The van der Waals surface area contributed by atoms with E-state index in [4.69, 9.17) is 4.74 Å². The largest absolute Gasteiger partial charge is 0.496 e. The van der Waals surface area contributed by atoms with Gasteiger partial charge in [0.2, 0.25) is 0 Å². The van der Waals surface area contributed by atoms with E-state index >= 15 is 0 Å². The molecule has 0 aromatic heterocycles. The minimum absolute atomic E-state index is 0.456. The molecule has 2 nitrogen and oxygen atoms in total. The van der Waals surface area contributed by atoms with Crippen LogP contribution in [-0.4, -0.2) is 13.4 Å². The van der Waals surface area contributed by atoms with Crippen LogP contribution in [0.1, 0.15) is 16.7 Å². The van der Waals surface area contributed by atoms with E-state index < -0.39 is 0 Å². The molecule has 1 aromatic carbocycles. The average molecular weight is 178 g/mol. The molecular formula is C11H14O2. The topological polar surface area (TPSA) is 26.3 Å². The zero-order chi connectivity index (χ0) is 9.84. The Morgan fingerprint density at radius 2 is 2.08 bits per heavy atom. The number of hydrogen-bond acceptors (Lipinski definition) is 2. The van der Waals surface area contributed by atoms with Gasteiger partial charge in [0.15, 0.2) is 0 Å². The number of rotatable bonds is 3. The predicted molar refractivity (Wildman–Crippen MR) is 52.2 cm³/mol. The number of carbonyl (C=O) groups excluding carboxylic acids is 1. The summed E-state index contributed by atoms with van der Waals surface area (Å²) < 4.78 is 5.20. The van der Waals surface area contributed by atoms with Gasteiger partial charge in [0.1, 0.15) is 12.0 Å². The quantitative estimate of drug-likeness (QED) is 0.662. The second-order valence-corrected chi connectivity index (χ2v) is 3.11. The Labute approximate surface area is 78.5 Å². The fraction of sp³-hybridized carbons (Fsp3) is 0.364. The third-order valence-electron chi connectivity index (χ3n) is 2.22. The van der Waals surface area contributed by atoms with Gasteiger partial charge in [0, 0.05) is 6.42 Å². The van der Waals surface area contributed by atoms with Crippen molar-refractivity contribution < 1.29 is 9.53 Å². The SMILES string of the molecule is COc1cc(CC=O)cc(C)c1C. The number of hydrogen-bond donors (Lipinski definition) is 0. The highest BCUT2D eigenvalue weighted by molar-refractivity contribution is 5.57. The summed E-state index contributed by atoms with van der Waals surface area (Å²) in [7, 11) is 1.65. The first-order valence-electron chi connectivity index (χ1n) is 4.26.